The fraction of sp³-hybridized carbons (Fsp3) is 0.484. The second-order valence-corrected chi connectivity index (χ2v) is 11.8. The summed E-state index contributed by atoms with van der Waals surface area (Å²) in [7, 11) is 0. The first-order valence-electron chi connectivity index (χ1n) is 13.2. The van der Waals surface area contributed by atoms with E-state index in [-0.39, 0.29) is 6.42 Å². The van der Waals surface area contributed by atoms with E-state index in [0.717, 1.165) is 5.56 Å². The molecule has 3 fully saturated rings. The van der Waals surface area contributed by atoms with Crippen LogP contribution in [0.5, 0.6) is 0 Å². The summed E-state index contributed by atoms with van der Waals surface area (Å²) in [6.45, 7) is 7.22. The summed E-state index contributed by atoms with van der Waals surface area (Å²) in [6, 6.07) is 18.1. The van der Waals surface area contributed by atoms with Crippen LogP contribution < -0.4 is 0 Å². The molecule has 0 amide bonds. The van der Waals surface area contributed by atoms with Crippen molar-refractivity contribution in [1.29, 1.82) is 0 Å². The lowest BCUT2D eigenvalue weighted by Gasteiger charge is -2.63. The summed E-state index contributed by atoms with van der Waals surface area (Å²) in [4.78, 5) is 26.3. The average molecular weight is 521 g/mol. The molecule has 202 valence electrons. The SMILES string of the molecule is CC1(C)O[C@]23C(O)[C@H]1C[C@H](OC(=O)/C=C/c1ccccc1)[C@]2(C)[C@@H](OC(=O)c1ccccc1)CC[C@]3(C)O. The van der Waals surface area contributed by atoms with Gasteiger partial charge in [0.15, 0.2) is 0 Å². The van der Waals surface area contributed by atoms with Gasteiger partial charge in [0.25, 0.3) is 0 Å². The van der Waals surface area contributed by atoms with Crippen molar-refractivity contribution in [2.45, 2.75) is 82.1 Å². The zero-order valence-corrected chi connectivity index (χ0v) is 22.3. The molecule has 3 aliphatic rings. The molecule has 2 bridgehead atoms. The van der Waals surface area contributed by atoms with E-state index in [1.165, 1.54) is 6.08 Å². The number of benzene rings is 2. The maximum Gasteiger partial charge on any atom is 0.338 e. The first kappa shape index (κ1) is 26.6. The van der Waals surface area contributed by atoms with Crippen molar-refractivity contribution in [3.8, 4) is 0 Å². The van der Waals surface area contributed by atoms with Crippen molar-refractivity contribution < 1.29 is 34.0 Å². The molecule has 2 saturated carbocycles. The van der Waals surface area contributed by atoms with E-state index in [2.05, 4.69) is 0 Å². The number of aliphatic hydroxyl groups excluding tert-OH is 1. The molecule has 1 aliphatic heterocycles. The molecule has 5 rings (SSSR count). The van der Waals surface area contributed by atoms with E-state index in [9.17, 15) is 19.8 Å². The van der Waals surface area contributed by atoms with E-state index in [1.807, 2.05) is 57.2 Å². The second-order valence-electron chi connectivity index (χ2n) is 11.8. The predicted molar refractivity (Wildman–Crippen MR) is 141 cm³/mol. The van der Waals surface area contributed by atoms with Crippen LogP contribution >= 0.6 is 0 Å². The van der Waals surface area contributed by atoms with E-state index in [4.69, 9.17) is 14.2 Å². The molecule has 1 saturated heterocycles. The van der Waals surface area contributed by atoms with Gasteiger partial charge in [-0.2, -0.15) is 0 Å². The summed E-state index contributed by atoms with van der Waals surface area (Å²) >= 11 is 0. The molecule has 0 aromatic heterocycles. The molecule has 1 heterocycles. The van der Waals surface area contributed by atoms with Crippen molar-refractivity contribution in [1.82, 2.24) is 0 Å². The number of rotatable bonds is 5. The Morgan fingerprint density at radius 2 is 1.58 bits per heavy atom. The molecule has 38 heavy (non-hydrogen) atoms. The summed E-state index contributed by atoms with van der Waals surface area (Å²) < 4.78 is 18.8. The van der Waals surface area contributed by atoms with Crippen LogP contribution in [0.3, 0.4) is 0 Å². The predicted octanol–water partition coefficient (Wildman–Crippen LogP) is 4.32. The van der Waals surface area contributed by atoms with Crippen LogP contribution in [0, 0.1) is 11.3 Å². The van der Waals surface area contributed by atoms with Gasteiger partial charge < -0.3 is 24.4 Å². The smallest absolute Gasteiger partial charge is 0.338 e. The van der Waals surface area contributed by atoms with Gasteiger partial charge in [0.05, 0.1) is 28.3 Å². The summed E-state index contributed by atoms with van der Waals surface area (Å²) in [5, 5.41) is 23.5. The van der Waals surface area contributed by atoms with Gasteiger partial charge in [-0.05, 0) is 70.7 Å². The largest absolute Gasteiger partial charge is 0.458 e. The topological polar surface area (TPSA) is 102 Å². The van der Waals surface area contributed by atoms with Crippen LogP contribution in [-0.4, -0.2) is 57.3 Å². The van der Waals surface area contributed by atoms with Crippen molar-refractivity contribution in [3.05, 3.63) is 77.9 Å². The van der Waals surface area contributed by atoms with Gasteiger partial charge in [-0.25, -0.2) is 9.59 Å². The lowest BCUT2D eigenvalue weighted by atomic mass is 9.47. The normalized spacial score (nSPS) is 37.4. The van der Waals surface area contributed by atoms with E-state index < -0.39 is 58.4 Å². The van der Waals surface area contributed by atoms with Gasteiger partial charge >= 0.3 is 11.9 Å². The number of hydrogen-bond donors (Lipinski definition) is 2. The van der Waals surface area contributed by atoms with Gasteiger partial charge in [-0.3, -0.25) is 0 Å². The highest BCUT2D eigenvalue weighted by Gasteiger charge is 2.81. The standard InChI is InChI=1S/C31H36O7/c1-28(2)22-19-24(36-25(32)16-15-20-11-7-5-8-12-20)30(4)23(37-27(34)21-13-9-6-10-14-21)17-18-29(3,35)31(30,38-28)26(22)33/h5-16,22-24,26,33,35H,17-19H2,1-4H3/b16-15+/t22-,23+,24+,26?,29+,30+,31+/m1/s1. The van der Waals surface area contributed by atoms with E-state index >= 15 is 0 Å². The lowest BCUT2D eigenvalue weighted by molar-refractivity contribution is -0.326. The maximum absolute atomic E-state index is 13.2. The first-order chi connectivity index (χ1) is 17.9. The number of aliphatic hydroxyl groups is 2. The molecule has 0 radical (unpaired) electrons. The second kappa shape index (κ2) is 9.33. The Morgan fingerprint density at radius 3 is 2.24 bits per heavy atom. The number of carbonyl (C=O) groups excluding carboxylic acids is 2. The summed E-state index contributed by atoms with van der Waals surface area (Å²) in [5.74, 6) is -1.47. The van der Waals surface area contributed by atoms with Crippen molar-refractivity contribution >= 4 is 18.0 Å². The Hall–Kier alpha value is -3.00. The summed E-state index contributed by atoms with van der Waals surface area (Å²) in [6.07, 6.45) is 1.29. The molecule has 1 spiro atoms. The summed E-state index contributed by atoms with van der Waals surface area (Å²) in [5.41, 5.74) is -3.79. The van der Waals surface area contributed by atoms with Crippen molar-refractivity contribution in [3.63, 3.8) is 0 Å². The monoisotopic (exact) mass is 520 g/mol. The molecular weight excluding hydrogens is 484 g/mol. The lowest BCUT2D eigenvalue weighted by Crippen LogP contribution is -2.78. The first-order valence-corrected chi connectivity index (χ1v) is 13.2. The third-order valence-corrected chi connectivity index (χ3v) is 9.14. The molecular formula is C31H36O7. The third kappa shape index (κ3) is 3.99. The van der Waals surface area contributed by atoms with E-state index in [0.29, 0.717) is 18.4 Å². The average Bonchev–Trinajstić information content (AvgIpc) is 3.05. The minimum Gasteiger partial charge on any atom is -0.458 e. The quantitative estimate of drug-likeness (QED) is 0.447. The number of hydrogen-bond acceptors (Lipinski definition) is 7. The van der Waals surface area contributed by atoms with Gasteiger partial charge in [-0.1, -0.05) is 48.5 Å². The van der Waals surface area contributed by atoms with Gasteiger partial charge in [0.2, 0.25) is 0 Å². The number of fused-ring (bicyclic) bond motifs is 1. The molecule has 7 heteroatoms. The molecule has 2 aliphatic carbocycles. The van der Waals surface area contributed by atoms with Gasteiger partial charge in [0.1, 0.15) is 17.8 Å². The van der Waals surface area contributed by atoms with Crippen LogP contribution in [0.4, 0.5) is 0 Å². The molecule has 7 nitrogen and oxygen atoms in total. The zero-order chi connectivity index (χ0) is 27.3. The number of esters is 2. The Balaban J connectivity index is 1.54. The fourth-order valence-electron chi connectivity index (χ4n) is 7.15. The zero-order valence-electron chi connectivity index (χ0n) is 22.3. The highest BCUT2D eigenvalue weighted by molar-refractivity contribution is 5.89. The van der Waals surface area contributed by atoms with Crippen LogP contribution in [0.2, 0.25) is 0 Å². The van der Waals surface area contributed by atoms with Crippen molar-refractivity contribution in [2.75, 3.05) is 0 Å². The fourth-order valence-corrected chi connectivity index (χ4v) is 7.15. The highest BCUT2D eigenvalue weighted by Crippen LogP contribution is 2.67. The number of carbonyl (C=O) groups is 2. The van der Waals surface area contributed by atoms with Gasteiger partial charge in [0, 0.05) is 12.0 Å². The van der Waals surface area contributed by atoms with E-state index in [1.54, 1.807) is 37.3 Å². The highest BCUT2D eigenvalue weighted by atomic mass is 16.6. The number of ether oxygens (including phenoxy) is 3. The minimum absolute atomic E-state index is 0.240. The Bertz CT molecular complexity index is 1220. The Labute approximate surface area is 223 Å². The Morgan fingerprint density at radius 1 is 0.947 bits per heavy atom. The maximum atomic E-state index is 13.2. The van der Waals surface area contributed by atoms with Crippen molar-refractivity contribution in [2.24, 2.45) is 11.3 Å². The molecule has 1 unspecified atom stereocenters. The third-order valence-electron chi connectivity index (χ3n) is 9.14. The van der Waals surface area contributed by atoms with Crippen LogP contribution in [-0.2, 0) is 19.0 Å². The van der Waals surface area contributed by atoms with Crippen LogP contribution in [0.25, 0.3) is 6.08 Å². The van der Waals surface area contributed by atoms with Crippen LogP contribution in [0.1, 0.15) is 62.9 Å². The van der Waals surface area contributed by atoms with Crippen LogP contribution in [0.15, 0.2) is 66.7 Å². The molecule has 2 aromatic carbocycles. The molecule has 2 aromatic rings. The minimum atomic E-state index is -1.53. The molecule has 2 N–H and O–H groups in total. The molecule has 7 atom stereocenters. The Kier molecular flexibility index (Phi) is 6.53. The van der Waals surface area contributed by atoms with Gasteiger partial charge in [-0.15, -0.1) is 0 Å².